The summed E-state index contributed by atoms with van der Waals surface area (Å²) in [5, 5.41) is 12.4. The van der Waals surface area contributed by atoms with E-state index in [1.807, 2.05) is 0 Å². The molecular weight excluding hydrogens is 218 g/mol. The van der Waals surface area contributed by atoms with E-state index >= 15 is 0 Å². The van der Waals surface area contributed by atoms with Crippen molar-refractivity contribution in [2.75, 3.05) is 17.3 Å². The number of nitrogens with zero attached hydrogens (tertiary/aromatic N) is 2. The van der Waals surface area contributed by atoms with Crippen LogP contribution in [0.3, 0.4) is 0 Å². The zero-order chi connectivity index (χ0) is 12.9. The van der Waals surface area contributed by atoms with Gasteiger partial charge in [-0.05, 0) is 26.7 Å². The van der Waals surface area contributed by atoms with Crippen LogP contribution in [0.5, 0.6) is 0 Å². The second-order valence-electron chi connectivity index (χ2n) is 4.34. The van der Waals surface area contributed by atoms with Gasteiger partial charge in [0.05, 0.1) is 0 Å². The number of rotatable bonds is 6. The topological polar surface area (TPSA) is 96.1 Å². The monoisotopic (exact) mass is 239 g/mol. The van der Waals surface area contributed by atoms with Gasteiger partial charge in [0.1, 0.15) is 17.5 Å². The molecule has 1 atom stereocenters. The molecule has 1 unspecified atom stereocenters. The second kappa shape index (κ2) is 5.79. The first-order chi connectivity index (χ1) is 8.03. The van der Waals surface area contributed by atoms with Crippen molar-refractivity contribution < 1.29 is 5.11 Å². The molecule has 1 aromatic rings. The van der Waals surface area contributed by atoms with Crippen LogP contribution in [0, 0.1) is 6.92 Å². The number of anilines is 2. The summed E-state index contributed by atoms with van der Waals surface area (Å²) in [5.41, 5.74) is 2.32. The number of hydrogen-bond acceptors (Lipinski definition) is 6. The van der Waals surface area contributed by atoms with E-state index in [0.717, 1.165) is 6.42 Å². The first kappa shape index (κ1) is 13.7. The van der Waals surface area contributed by atoms with Gasteiger partial charge in [-0.25, -0.2) is 15.8 Å². The molecule has 1 rings (SSSR count). The van der Waals surface area contributed by atoms with Crippen molar-refractivity contribution in [3.63, 3.8) is 0 Å². The first-order valence-electron chi connectivity index (χ1n) is 5.74. The molecule has 0 fully saturated rings. The SMILES string of the molecule is CCC(C)(CCO)Nc1cc(NN)nc(C)n1. The largest absolute Gasteiger partial charge is 0.396 e. The van der Waals surface area contributed by atoms with E-state index < -0.39 is 0 Å². The Morgan fingerprint density at radius 1 is 1.41 bits per heavy atom. The zero-order valence-corrected chi connectivity index (χ0v) is 10.6. The number of nitrogens with one attached hydrogen (secondary N) is 2. The second-order valence-corrected chi connectivity index (χ2v) is 4.34. The smallest absolute Gasteiger partial charge is 0.145 e. The lowest BCUT2D eigenvalue weighted by Gasteiger charge is -2.29. The van der Waals surface area contributed by atoms with Gasteiger partial charge in [0.25, 0.3) is 0 Å². The van der Waals surface area contributed by atoms with Gasteiger partial charge in [0.2, 0.25) is 0 Å². The van der Waals surface area contributed by atoms with Gasteiger partial charge in [-0.15, -0.1) is 0 Å². The Morgan fingerprint density at radius 2 is 2.06 bits per heavy atom. The van der Waals surface area contributed by atoms with Crippen LogP contribution in [-0.4, -0.2) is 27.2 Å². The molecule has 0 aliphatic heterocycles. The predicted octanol–water partition coefficient (Wildman–Crippen LogP) is 1.03. The Morgan fingerprint density at radius 3 is 2.59 bits per heavy atom. The molecular formula is C11H21N5O. The van der Waals surface area contributed by atoms with E-state index in [1.165, 1.54) is 0 Å². The van der Waals surface area contributed by atoms with E-state index in [9.17, 15) is 0 Å². The normalized spacial score (nSPS) is 14.2. The van der Waals surface area contributed by atoms with E-state index in [-0.39, 0.29) is 12.1 Å². The Balaban J connectivity index is 2.89. The molecule has 0 aliphatic rings. The minimum Gasteiger partial charge on any atom is -0.396 e. The van der Waals surface area contributed by atoms with Crippen LogP contribution < -0.4 is 16.6 Å². The third kappa shape index (κ3) is 3.83. The average Bonchev–Trinajstić information content (AvgIpc) is 2.28. The molecule has 96 valence electrons. The summed E-state index contributed by atoms with van der Waals surface area (Å²) in [5.74, 6) is 7.26. The third-order valence-corrected chi connectivity index (χ3v) is 2.86. The van der Waals surface area contributed by atoms with Crippen molar-refractivity contribution >= 4 is 11.6 Å². The Bertz CT molecular complexity index is 371. The van der Waals surface area contributed by atoms with Gasteiger partial charge in [0.15, 0.2) is 0 Å². The maximum absolute atomic E-state index is 9.06. The first-order valence-corrected chi connectivity index (χ1v) is 5.74. The molecule has 6 heteroatoms. The van der Waals surface area contributed by atoms with Crippen molar-refractivity contribution in [1.82, 2.24) is 9.97 Å². The highest BCUT2D eigenvalue weighted by atomic mass is 16.3. The lowest BCUT2D eigenvalue weighted by Crippen LogP contribution is -2.35. The minimum atomic E-state index is -0.179. The van der Waals surface area contributed by atoms with Gasteiger partial charge in [-0.2, -0.15) is 0 Å². The Hall–Kier alpha value is -1.40. The van der Waals surface area contributed by atoms with Crippen LogP contribution in [0.1, 0.15) is 32.5 Å². The van der Waals surface area contributed by atoms with E-state index in [4.69, 9.17) is 10.9 Å². The fourth-order valence-electron chi connectivity index (χ4n) is 1.59. The zero-order valence-electron chi connectivity index (χ0n) is 10.6. The van der Waals surface area contributed by atoms with Gasteiger partial charge in [-0.1, -0.05) is 6.92 Å². The Kier molecular flexibility index (Phi) is 4.65. The number of hydrogen-bond donors (Lipinski definition) is 4. The van der Waals surface area contributed by atoms with Crippen molar-refractivity contribution in [2.24, 2.45) is 5.84 Å². The number of aliphatic hydroxyl groups is 1. The lowest BCUT2D eigenvalue weighted by molar-refractivity contribution is 0.252. The van der Waals surface area contributed by atoms with Crippen LogP contribution in [0.4, 0.5) is 11.6 Å². The number of aliphatic hydroxyl groups excluding tert-OH is 1. The Labute approximate surface area is 102 Å². The predicted molar refractivity (Wildman–Crippen MR) is 68.6 cm³/mol. The van der Waals surface area contributed by atoms with Gasteiger partial charge >= 0.3 is 0 Å². The molecule has 0 aliphatic carbocycles. The fraction of sp³-hybridized carbons (Fsp3) is 0.636. The number of nitrogen functional groups attached to an aromatic ring is 1. The highest BCUT2D eigenvalue weighted by Crippen LogP contribution is 2.21. The summed E-state index contributed by atoms with van der Waals surface area (Å²) in [4.78, 5) is 8.42. The standard InChI is InChI=1S/C11H21N5O/c1-4-11(3,5-6-17)15-9-7-10(16-12)14-8(2)13-9/h7,17H,4-6,12H2,1-3H3,(H2,13,14,15,16). The third-order valence-electron chi connectivity index (χ3n) is 2.86. The van der Waals surface area contributed by atoms with Gasteiger partial charge < -0.3 is 15.8 Å². The maximum Gasteiger partial charge on any atom is 0.145 e. The summed E-state index contributed by atoms with van der Waals surface area (Å²) in [6.07, 6.45) is 1.56. The molecule has 5 N–H and O–H groups in total. The quantitative estimate of drug-likeness (QED) is 0.437. The van der Waals surface area contributed by atoms with Crippen molar-refractivity contribution in [1.29, 1.82) is 0 Å². The molecule has 0 spiro atoms. The summed E-state index contributed by atoms with van der Waals surface area (Å²) >= 11 is 0. The molecule has 0 saturated carbocycles. The molecule has 1 aromatic heterocycles. The van der Waals surface area contributed by atoms with Crippen molar-refractivity contribution in [3.8, 4) is 0 Å². The molecule has 0 saturated heterocycles. The summed E-state index contributed by atoms with van der Waals surface area (Å²) in [6, 6.07) is 1.75. The summed E-state index contributed by atoms with van der Waals surface area (Å²) in [6.45, 7) is 6.07. The average molecular weight is 239 g/mol. The number of aromatic nitrogens is 2. The molecule has 1 heterocycles. The summed E-state index contributed by atoms with van der Waals surface area (Å²) < 4.78 is 0. The number of aryl methyl sites for hydroxylation is 1. The minimum absolute atomic E-state index is 0.142. The molecule has 6 nitrogen and oxygen atoms in total. The maximum atomic E-state index is 9.06. The van der Waals surface area contributed by atoms with E-state index in [2.05, 4.69) is 34.6 Å². The van der Waals surface area contributed by atoms with Crippen LogP contribution in [0.15, 0.2) is 6.07 Å². The number of hydrazine groups is 1. The van der Waals surface area contributed by atoms with Gasteiger partial charge in [0, 0.05) is 18.2 Å². The van der Waals surface area contributed by atoms with Crippen LogP contribution in [0.25, 0.3) is 0 Å². The highest BCUT2D eigenvalue weighted by molar-refractivity contribution is 5.48. The van der Waals surface area contributed by atoms with Gasteiger partial charge in [-0.3, -0.25) is 0 Å². The summed E-state index contributed by atoms with van der Waals surface area (Å²) in [7, 11) is 0. The van der Waals surface area contributed by atoms with E-state index in [0.29, 0.717) is 23.9 Å². The molecule has 0 amide bonds. The highest BCUT2D eigenvalue weighted by Gasteiger charge is 2.21. The molecule has 17 heavy (non-hydrogen) atoms. The van der Waals surface area contributed by atoms with Crippen LogP contribution in [0.2, 0.25) is 0 Å². The van der Waals surface area contributed by atoms with E-state index in [1.54, 1.807) is 13.0 Å². The van der Waals surface area contributed by atoms with Crippen molar-refractivity contribution in [2.45, 2.75) is 39.2 Å². The fourth-order valence-corrected chi connectivity index (χ4v) is 1.59. The molecule has 0 radical (unpaired) electrons. The van der Waals surface area contributed by atoms with Crippen LogP contribution in [-0.2, 0) is 0 Å². The molecule has 0 aromatic carbocycles. The van der Waals surface area contributed by atoms with Crippen LogP contribution >= 0.6 is 0 Å². The molecule has 0 bridgehead atoms. The van der Waals surface area contributed by atoms with Crippen molar-refractivity contribution in [3.05, 3.63) is 11.9 Å². The lowest BCUT2D eigenvalue weighted by atomic mass is 9.95. The number of nitrogens with two attached hydrogens (primary N) is 1.